The molecule has 1 saturated heterocycles. The van der Waals surface area contributed by atoms with Gasteiger partial charge in [-0.25, -0.2) is 4.79 Å². The van der Waals surface area contributed by atoms with Crippen LogP contribution in [0, 0.1) is 5.92 Å². The summed E-state index contributed by atoms with van der Waals surface area (Å²) in [7, 11) is 0. The molecule has 0 radical (unpaired) electrons. The smallest absolute Gasteiger partial charge is 0.319 e. The molecule has 0 aliphatic carbocycles. The topological polar surface area (TPSA) is 87.5 Å². The van der Waals surface area contributed by atoms with Crippen LogP contribution in [0.4, 0.5) is 10.5 Å². The highest BCUT2D eigenvalue weighted by Crippen LogP contribution is 2.23. The van der Waals surface area contributed by atoms with Gasteiger partial charge in [0.2, 0.25) is 0 Å². The fourth-order valence-electron chi connectivity index (χ4n) is 3.00. The SMILES string of the molecule is CC(C)NC(=O)Nc1ccccc1C(=O)N1CCC(C(C)N)CC1.Cl. The lowest BCUT2D eigenvalue weighted by atomic mass is 9.90. The highest BCUT2D eigenvalue weighted by atomic mass is 35.5. The van der Waals surface area contributed by atoms with Crippen molar-refractivity contribution in [1.29, 1.82) is 0 Å². The predicted octanol–water partition coefficient (Wildman–Crippen LogP) is 2.84. The molecular weight excluding hydrogens is 340 g/mol. The van der Waals surface area contributed by atoms with Gasteiger partial charge in [-0.1, -0.05) is 12.1 Å². The van der Waals surface area contributed by atoms with Crippen LogP contribution in [-0.4, -0.2) is 42.0 Å². The largest absolute Gasteiger partial charge is 0.339 e. The highest BCUT2D eigenvalue weighted by molar-refractivity contribution is 6.03. The van der Waals surface area contributed by atoms with E-state index in [0.717, 1.165) is 12.8 Å². The van der Waals surface area contributed by atoms with Gasteiger partial charge >= 0.3 is 6.03 Å². The van der Waals surface area contributed by atoms with Gasteiger partial charge in [0.15, 0.2) is 0 Å². The summed E-state index contributed by atoms with van der Waals surface area (Å²) in [6.07, 6.45) is 1.85. The van der Waals surface area contributed by atoms with Crippen LogP contribution in [0.25, 0.3) is 0 Å². The Bertz CT molecular complexity index is 584. The zero-order chi connectivity index (χ0) is 17.7. The van der Waals surface area contributed by atoms with Crippen molar-refractivity contribution in [3.63, 3.8) is 0 Å². The summed E-state index contributed by atoms with van der Waals surface area (Å²) in [5, 5.41) is 5.54. The second kappa shape index (κ2) is 9.63. The third-order valence-electron chi connectivity index (χ3n) is 4.40. The summed E-state index contributed by atoms with van der Waals surface area (Å²) in [6.45, 7) is 7.21. The second-order valence-corrected chi connectivity index (χ2v) is 6.79. The van der Waals surface area contributed by atoms with E-state index in [2.05, 4.69) is 10.6 Å². The van der Waals surface area contributed by atoms with E-state index in [0.29, 0.717) is 30.3 Å². The number of amides is 3. The van der Waals surface area contributed by atoms with Crippen molar-refractivity contribution in [2.75, 3.05) is 18.4 Å². The van der Waals surface area contributed by atoms with Crippen LogP contribution in [0.15, 0.2) is 24.3 Å². The Morgan fingerprint density at radius 2 is 1.76 bits per heavy atom. The average Bonchev–Trinajstić information content (AvgIpc) is 2.54. The monoisotopic (exact) mass is 368 g/mol. The number of carbonyl (C=O) groups is 2. The Morgan fingerprint density at radius 3 is 2.32 bits per heavy atom. The number of hydrogen-bond donors (Lipinski definition) is 3. The first-order chi connectivity index (χ1) is 11.4. The van der Waals surface area contributed by atoms with Crippen LogP contribution in [0.5, 0.6) is 0 Å². The standard InChI is InChI=1S/C18H28N4O2.ClH/c1-12(2)20-18(24)21-16-7-5-4-6-15(16)17(23)22-10-8-14(9-11-22)13(3)19;/h4-7,12-14H,8-11,19H2,1-3H3,(H2,20,21,24);1H. The van der Waals surface area contributed by atoms with E-state index in [-0.39, 0.29) is 36.4 Å². The molecule has 1 fully saturated rings. The zero-order valence-corrected chi connectivity index (χ0v) is 15.9. The molecular formula is C18H29ClN4O2. The molecule has 0 saturated carbocycles. The number of anilines is 1. The first-order valence-corrected chi connectivity index (χ1v) is 8.60. The van der Waals surface area contributed by atoms with Crippen LogP contribution >= 0.6 is 12.4 Å². The molecule has 1 atom stereocenters. The maximum absolute atomic E-state index is 12.8. The van der Waals surface area contributed by atoms with Gasteiger partial charge in [0, 0.05) is 25.2 Å². The molecule has 4 N–H and O–H groups in total. The van der Waals surface area contributed by atoms with Crippen molar-refractivity contribution < 1.29 is 9.59 Å². The number of halogens is 1. The van der Waals surface area contributed by atoms with Crippen molar-refractivity contribution in [2.24, 2.45) is 11.7 Å². The van der Waals surface area contributed by atoms with E-state index in [1.165, 1.54) is 0 Å². The molecule has 140 valence electrons. The first-order valence-electron chi connectivity index (χ1n) is 8.60. The summed E-state index contributed by atoms with van der Waals surface area (Å²) < 4.78 is 0. The Kier molecular flexibility index (Phi) is 8.19. The van der Waals surface area contributed by atoms with Crippen LogP contribution in [-0.2, 0) is 0 Å². The molecule has 1 aromatic carbocycles. The molecule has 1 heterocycles. The average molecular weight is 369 g/mol. The summed E-state index contributed by atoms with van der Waals surface area (Å²) in [6, 6.07) is 7.02. The molecule has 1 aliphatic heterocycles. The minimum absolute atomic E-state index is 0. The Morgan fingerprint density at radius 1 is 1.16 bits per heavy atom. The summed E-state index contributed by atoms with van der Waals surface area (Å²) in [4.78, 5) is 26.6. The van der Waals surface area contributed by atoms with Gasteiger partial charge in [-0.3, -0.25) is 4.79 Å². The van der Waals surface area contributed by atoms with Gasteiger partial charge in [-0.05, 0) is 51.7 Å². The summed E-state index contributed by atoms with van der Waals surface area (Å²) in [5.41, 5.74) is 7.02. The van der Waals surface area contributed by atoms with Crippen LogP contribution in [0.2, 0.25) is 0 Å². The minimum atomic E-state index is -0.305. The lowest BCUT2D eigenvalue weighted by Gasteiger charge is -2.34. The number of rotatable bonds is 4. The number of para-hydroxylation sites is 1. The molecule has 7 heteroatoms. The highest BCUT2D eigenvalue weighted by Gasteiger charge is 2.26. The predicted molar refractivity (Wildman–Crippen MR) is 103 cm³/mol. The van der Waals surface area contributed by atoms with E-state index < -0.39 is 0 Å². The Labute approximate surface area is 155 Å². The number of likely N-dealkylation sites (tertiary alicyclic amines) is 1. The fraction of sp³-hybridized carbons (Fsp3) is 0.556. The maximum Gasteiger partial charge on any atom is 0.319 e. The number of piperidine rings is 1. The summed E-state index contributed by atoms with van der Waals surface area (Å²) >= 11 is 0. The molecule has 6 nitrogen and oxygen atoms in total. The van der Waals surface area contributed by atoms with E-state index in [1.807, 2.05) is 37.8 Å². The number of nitrogens with zero attached hydrogens (tertiary/aromatic N) is 1. The zero-order valence-electron chi connectivity index (χ0n) is 15.1. The van der Waals surface area contributed by atoms with Crippen molar-refractivity contribution in [3.8, 4) is 0 Å². The van der Waals surface area contributed by atoms with E-state index in [9.17, 15) is 9.59 Å². The quantitative estimate of drug-likeness (QED) is 0.763. The lowest BCUT2D eigenvalue weighted by Crippen LogP contribution is -2.43. The van der Waals surface area contributed by atoms with Gasteiger partial charge in [0.05, 0.1) is 11.3 Å². The Hall–Kier alpha value is -1.79. The fourth-order valence-corrected chi connectivity index (χ4v) is 3.00. The summed E-state index contributed by atoms with van der Waals surface area (Å²) in [5.74, 6) is 0.429. The van der Waals surface area contributed by atoms with Gasteiger partial charge in [0.25, 0.3) is 5.91 Å². The molecule has 3 amide bonds. The molecule has 0 bridgehead atoms. The van der Waals surface area contributed by atoms with E-state index in [4.69, 9.17) is 5.73 Å². The number of nitrogens with two attached hydrogens (primary N) is 1. The number of urea groups is 1. The first kappa shape index (κ1) is 21.3. The third kappa shape index (κ3) is 5.90. The second-order valence-electron chi connectivity index (χ2n) is 6.79. The van der Waals surface area contributed by atoms with E-state index >= 15 is 0 Å². The molecule has 1 unspecified atom stereocenters. The molecule has 25 heavy (non-hydrogen) atoms. The van der Waals surface area contributed by atoms with Crippen molar-refractivity contribution in [2.45, 2.75) is 45.7 Å². The molecule has 0 aromatic heterocycles. The molecule has 1 aromatic rings. The van der Waals surface area contributed by atoms with Crippen molar-refractivity contribution in [1.82, 2.24) is 10.2 Å². The van der Waals surface area contributed by atoms with Gasteiger partial charge in [-0.15, -0.1) is 12.4 Å². The van der Waals surface area contributed by atoms with Gasteiger partial charge in [-0.2, -0.15) is 0 Å². The molecule has 2 rings (SSSR count). The number of hydrogen-bond acceptors (Lipinski definition) is 3. The number of benzene rings is 1. The number of carbonyl (C=O) groups excluding carboxylic acids is 2. The normalized spacial score (nSPS) is 16.1. The maximum atomic E-state index is 12.8. The van der Waals surface area contributed by atoms with Crippen molar-refractivity contribution >= 4 is 30.0 Å². The third-order valence-corrected chi connectivity index (χ3v) is 4.40. The molecule has 0 spiro atoms. The van der Waals surface area contributed by atoms with Gasteiger partial charge in [0.1, 0.15) is 0 Å². The van der Waals surface area contributed by atoms with Crippen LogP contribution in [0.3, 0.4) is 0 Å². The minimum Gasteiger partial charge on any atom is -0.339 e. The van der Waals surface area contributed by atoms with Crippen LogP contribution in [0.1, 0.15) is 44.0 Å². The van der Waals surface area contributed by atoms with Crippen LogP contribution < -0.4 is 16.4 Å². The number of nitrogens with one attached hydrogen (secondary N) is 2. The lowest BCUT2D eigenvalue weighted by molar-refractivity contribution is 0.0682. The van der Waals surface area contributed by atoms with Crippen molar-refractivity contribution in [3.05, 3.63) is 29.8 Å². The van der Waals surface area contributed by atoms with Gasteiger partial charge < -0.3 is 21.3 Å². The van der Waals surface area contributed by atoms with E-state index in [1.54, 1.807) is 12.1 Å². The Balaban J connectivity index is 0.00000312. The molecule has 1 aliphatic rings.